The minimum absolute atomic E-state index is 0.0293. The van der Waals surface area contributed by atoms with Gasteiger partial charge in [0.05, 0.1) is 16.6 Å². The van der Waals surface area contributed by atoms with Crippen LogP contribution in [0.4, 0.5) is 0 Å². The van der Waals surface area contributed by atoms with Crippen molar-refractivity contribution in [2.45, 2.75) is 92.8 Å². The van der Waals surface area contributed by atoms with Crippen LogP contribution in [-0.2, 0) is 20.9 Å². The van der Waals surface area contributed by atoms with Gasteiger partial charge in [0.25, 0.3) is 0 Å². The Morgan fingerprint density at radius 3 is 2.56 bits per heavy atom. The van der Waals surface area contributed by atoms with E-state index in [1.165, 1.54) is 6.42 Å². The molecule has 7 nitrogen and oxygen atoms in total. The molecular formula is C28H39N3O4S. The minimum Gasteiger partial charge on any atom is -0.396 e. The van der Waals surface area contributed by atoms with Crippen LogP contribution in [0, 0.1) is 11.8 Å². The molecule has 5 rings (SSSR count). The number of nitrogens with zero attached hydrogens (tertiary/aromatic N) is 1. The van der Waals surface area contributed by atoms with E-state index in [2.05, 4.69) is 10.6 Å². The van der Waals surface area contributed by atoms with Crippen LogP contribution < -0.4 is 10.6 Å². The SMILES string of the molecule is O=C(NC1CCCCC1)C1N(CCCCCO)C(=O)[C@@H]2[C@H](C(=O)NCc3ccccc3)[C@@H]3CCC12S3. The van der Waals surface area contributed by atoms with Crippen LogP contribution in [0.15, 0.2) is 30.3 Å². The molecule has 2 bridgehead atoms. The fourth-order valence-corrected chi connectivity index (χ4v) is 9.21. The lowest BCUT2D eigenvalue weighted by atomic mass is 9.70. The Labute approximate surface area is 218 Å². The zero-order valence-corrected chi connectivity index (χ0v) is 21.8. The molecule has 0 aromatic heterocycles. The monoisotopic (exact) mass is 513 g/mol. The minimum atomic E-state index is -0.522. The lowest BCUT2D eigenvalue weighted by Gasteiger charge is -2.35. The van der Waals surface area contributed by atoms with Crippen LogP contribution in [0.2, 0.25) is 0 Å². The number of aliphatic hydroxyl groups excluding tert-OH is 1. The molecule has 8 heteroatoms. The number of likely N-dealkylation sites (tertiary alicyclic amines) is 1. The number of carbonyl (C=O) groups excluding carboxylic acids is 3. The first-order chi connectivity index (χ1) is 17.5. The highest BCUT2D eigenvalue weighted by molar-refractivity contribution is 8.02. The molecule has 3 saturated heterocycles. The molecule has 5 atom stereocenters. The van der Waals surface area contributed by atoms with Gasteiger partial charge in [-0.2, -0.15) is 0 Å². The number of nitrogens with one attached hydrogen (secondary N) is 2. The van der Waals surface area contributed by atoms with E-state index >= 15 is 0 Å². The summed E-state index contributed by atoms with van der Waals surface area (Å²) in [7, 11) is 0. The summed E-state index contributed by atoms with van der Waals surface area (Å²) in [5.41, 5.74) is 1.03. The highest BCUT2D eigenvalue weighted by atomic mass is 32.2. The number of amides is 3. The Kier molecular flexibility index (Phi) is 7.91. The van der Waals surface area contributed by atoms with Crippen molar-refractivity contribution in [3.63, 3.8) is 0 Å². The predicted octanol–water partition coefficient (Wildman–Crippen LogP) is 3.01. The van der Waals surface area contributed by atoms with E-state index in [0.29, 0.717) is 19.5 Å². The average Bonchev–Trinajstić information content (AvgIpc) is 3.54. The van der Waals surface area contributed by atoms with E-state index in [4.69, 9.17) is 0 Å². The van der Waals surface area contributed by atoms with Crippen LogP contribution in [0.3, 0.4) is 0 Å². The molecular weight excluding hydrogens is 474 g/mol. The molecule has 3 amide bonds. The molecule has 2 unspecified atom stereocenters. The third-order valence-corrected chi connectivity index (χ3v) is 10.6. The van der Waals surface area contributed by atoms with Crippen molar-refractivity contribution in [1.29, 1.82) is 0 Å². The summed E-state index contributed by atoms with van der Waals surface area (Å²) in [6.45, 7) is 1.08. The van der Waals surface area contributed by atoms with Crippen LogP contribution in [0.25, 0.3) is 0 Å². The summed E-state index contributed by atoms with van der Waals surface area (Å²) >= 11 is 1.73. The van der Waals surface area contributed by atoms with Gasteiger partial charge in [0.15, 0.2) is 0 Å². The fraction of sp³-hybridized carbons (Fsp3) is 0.679. The third kappa shape index (κ3) is 4.78. The Morgan fingerprint density at radius 1 is 1.03 bits per heavy atom. The van der Waals surface area contributed by atoms with Crippen LogP contribution >= 0.6 is 11.8 Å². The summed E-state index contributed by atoms with van der Waals surface area (Å²) in [5.74, 6) is -0.968. The van der Waals surface area contributed by atoms with Gasteiger partial charge in [0.1, 0.15) is 6.04 Å². The van der Waals surface area contributed by atoms with Gasteiger partial charge in [0, 0.05) is 31.0 Å². The van der Waals surface area contributed by atoms with Crippen molar-refractivity contribution < 1.29 is 19.5 Å². The van der Waals surface area contributed by atoms with Crippen LogP contribution in [0.5, 0.6) is 0 Å². The third-order valence-electron chi connectivity index (χ3n) is 8.67. The Morgan fingerprint density at radius 2 is 1.81 bits per heavy atom. The number of thioether (sulfide) groups is 1. The molecule has 1 aromatic carbocycles. The molecule has 3 aliphatic heterocycles. The first kappa shape index (κ1) is 25.6. The van der Waals surface area contributed by atoms with Gasteiger partial charge in [-0.1, -0.05) is 49.6 Å². The summed E-state index contributed by atoms with van der Waals surface area (Å²) in [6, 6.07) is 9.49. The maximum Gasteiger partial charge on any atom is 0.244 e. The smallest absolute Gasteiger partial charge is 0.244 e. The average molecular weight is 514 g/mol. The van der Waals surface area contributed by atoms with Gasteiger partial charge in [-0.05, 0) is 50.5 Å². The van der Waals surface area contributed by atoms with E-state index in [0.717, 1.165) is 56.9 Å². The van der Waals surface area contributed by atoms with E-state index < -0.39 is 22.6 Å². The van der Waals surface area contributed by atoms with Crippen molar-refractivity contribution in [3.05, 3.63) is 35.9 Å². The summed E-state index contributed by atoms with van der Waals surface area (Å²) < 4.78 is -0.522. The number of rotatable bonds is 10. The Hall–Kier alpha value is -2.06. The van der Waals surface area contributed by atoms with Crippen LogP contribution in [-0.4, -0.2) is 63.0 Å². The molecule has 4 aliphatic rings. The Bertz CT molecular complexity index is 953. The van der Waals surface area contributed by atoms with Gasteiger partial charge < -0.3 is 20.6 Å². The fourth-order valence-electron chi connectivity index (χ4n) is 6.99. The lowest BCUT2D eigenvalue weighted by molar-refractivity contribution is -0.140. The predicted molar refractivity (Wildman–Crippen MR) is 140 cm³/mol. The zero-order valence-electron chi connectivity index (χ0n) is 21.0. The highest BCUT2D eigenvalue weighted by Gasteiger charge is 2.73. The molecule has 3 heterocycles. The standard InChI is InChI=1S/C28H39N3O4S/c32-17-9-3-8-16-31-24(26(34)30-20-12-6-2-7-13-20)28-15-14-21(36-28)22(23(28)27(31)35)25(33)29-18-19-10-4-1-5-11-19/h1,4-5,10-11,20-24,32H,2-3,6-9,12-18H2,(H,29,33)(H,30,34)/t21-,22+,23-,24?,28?/m0/s1. The number of hydrogen-bond acceptors (Lipinski definition) is 5. The maximum absolute atomic E-state index is 13.9. The number of unbranched alkanes of at least 4 members (excludes halogenated alkanes) is 2. The Balaban J connectivity index is 1.36. The number of fused-ring (bicyclic) bond motifs is 1. The van der Waals surface area contributed by atoms with Crippen molar-refractivity contribution in [1.82, 2.24) is 15.5 Å². The highest BCUT2D eigenvalue weighted by Crippen LogP contribution is 2.66. The maximum atomic E-state index is 13.9. The van der Waals surface area contributed by atoms with Gasteiger partial charge in [0.2, 0.25) is 17.7 Å². The first-order valence-corrected chi connectivity index (χ1v) is 14.6. The molecule has 1 saturated carbocycles. The molecule has 0 radical (unpaired) electrons. The van der Waals surface area contributed by atoms with Crippen LogP contribution in [0.1, 0.15) is 69.8 Å². The van der Waals surface area contributed by atoms with E-state index in [-0.39, 0.29) is 35.6 Å². The van der Waals surface area contributed by atoms with Gasteiger partial charge in [-0.15, -0.1) is 11.8 Å². The summed E-state index contributed by atoms with van der Waals surface area (Å²) in [5, 5.41) is 15.7. The molecule has 1 spiro atoms. The topological polar surface area (TPSA) is 98.7 Å². The molecule has 36 heavy (non-hydrogen) atoms. The lowest BCUT2D eigenvalue weighted by Crippen LogP contribution is -2.55. The second-order valence-electron chi connectivity index (χ2n) is 10.9. The zero-order chi connectivity index (χ0) is 25.1. The van der Waals surface area contributed by atoms with Gasteiger partial charge in [-0.3, -0.25) is 14.4 Å². The van der Waals surface area contributed by atoms with Crippen molar-refractivity contribution in [2.24, 2.45) is 11.8 Å². The van der Waals surface area contributed by atoms with Crippen molar-refractivity contribution >= 4 is 29.5 Å². The molecule has 1 aromatic rings. The molecule has 1 aliphatic carbocycles. The first-order valence-electron chi connectivity index (χ1n) is 13.8. The van der Waals surface area contributed by atoms with Gasteiger partial charge in [-0.25, -0.2) is 0 Å². The largest absolute Gasteiger partial charge is 0.396 e. The molecule has 4 fully saturated rings. The normalized spacial score (nSPS) is 31.5. The summed E-state index contributed by atoms with van der Waals surface area (Å²) in [4.78, 5) is 43.0. The molecule has 3 N–H and O–H groups in total. The second-order valence-corrected chi connectivity index (χ2v) is 12.5. The van der Waals surface area contributed by atoms with Crippen molar-refractivity contribution in [3.8, 4) is 0 Å². The number of hydrogen-bond donors (Lipinski definition) is 3. The summed E-state index contributed by atoms with van der Waals surface area (Å²) in [6.07, 6.45) is 9.40. The quantitative estimate of drug-likeness (QED) is 0.418. The van der Waals surface area contributed by atoms with Gasteiger partial charge >= 0.3 is 0 Å². The number of aliphatic hydroxyl groups is 1. The number of benzene rings is 1. The van der Waals surface area contributed by atoms with E-state index in [1.54, 1.807) is 16.7 Å². The second kappa shape index (κ2) is 11.1. The van der Waals surface area contributed by atoms with E-state index in [9.17, 15) is 19.5 Å². The number of carbonyl (C=O) groups is 3. The van der Waals surface area contributed by atoms with E-state index in [1.807, 2.05) is 30.3 Å². The molecule has 196 valence electrons. The van der Waals surface area contributed by atoms with Crippen molar-refractivity contribution in [2.75, 3.05) is 13.2 Å².